The van der Waals surface area contributed by atoms with Crippen molar-refractivity contribution < 1.29 is 4.39 Å². The van der Waals surface area contributed by atoms with Crippen molar-refractivity contribution in [1.29, 1.82) is 0 Å². The van der Waals surface area contributed by atoms with Gasteiger partial charge in [-0.25, -0.2) is 13.9 Å². The zero-order chi connectivity index (χ0) is 12.0. The maximum absolute atomic E-state index is 12.8. The summed E-state index contributed by atoms with van der Waals surface area (Å²) >= 11 is 3.42. The minimum atomic E-state index is -0.694. The van der Waals surface area contributed by atoms with Crippen LogP contribution in [0.2, 0.25) is 0 Å². The van der Waals surface area contributed by atoms with E-state index in [0.29, 0.717) is 25.5 Å². The van der Waals surface area contributed by atoms with Gasteiger partial charge in [-0.2, -0.15) is 5.10 Å². The highest BCUT2D eigenvalue weighted by atomic mass is 79.9. The van der Waals surface area contributed by atoms with E-state index < -0.39 is 6.17 Å². The molecule has 7 heteroatoms. The average Bonchev–Trinajstić information content (AvgIpc) is 2.55. The first kappa shape index (κ1) is 10.9. The molecular formula is C10H11BrFN5. The second-order valence-electron chi connectivity index (χ2n) is 4.19. The lowest BCUT2D eigenvalue weighted by molar-refractivity contribution is 0.0595. The number of nitrogens with two attached hydrogens (primary N) is 1. The summed E-state index contributed by atoms with van der Waals surface area (Å²) in [5.74, 6) is 0.443. The standard InChI is InChI=1S/C10H11BrFN5/c11-8-1-6(2-16-3-7(12)4-16)9-10(13)14-5-15-17(8)9/h1,5,7H,2-4H2,(H2,13,14,15). The third-order valence-corrected chi connectivity index (χ3v) is 3.49. The Morgan fingerprint density at radius 3 is 3.00 bits per heavy atom. The molecular weight excluding hydrogens is 289 g/mol. The lowest BCUT2D eigenvalue weighted by Crippen LogP contribution is -2.47. The number of likely N-dealkylation sites (tertiary alicyclic amines) is 1. The first-order chi connectivity index (χ1) is 8.15. The number of nitrogen functional groups attached to an aromatic ring is 1. The molecule has 0 aliphatic carbocycles. The van der Waals surface area contributed by atoms with Gasteiger partial charge in [0.1, 0.15) is 22.6 Å². The van der Waals surface area contributed by atoms with Crippen LogP contribution < -0.4 is 5.73 Å². The minimum absolute atomic E-state index is 0.443. The van der Waals surface area contributed by atoms with Crippen LogP contribution in [-0.4, -0.2) is 38.8 Å². The number of nitrogens with zero attached hydrogens (tertiary/aromatic N) is 4. The molecule has 0 amide bonds. The van der Waals surface area contributed by atoms with Gasteiger partial charge in [0.05, 0.1) is 0 Å². The van der Waals surface area contributed by atoms with Gasteiger partial charge in [-0.1, -0.05) is 0 Å². The Bertz CT molecular complexity index is 563. The van der Waals surface area contributed by atoms with Crippen molar-refractivity contribution in [2.75, 3.05) is 18.8 Å². The summed E-state index contributed by atoms with van der Waals surface area (Å²) in [6.45, 7) is 1.65. The predicted octanol–water partition coefficient (Wildman–Crippen LogP) is 1.23. The Balaban J connectivity index is 1.98. The van der Waals surface area contributed by atoms with E-state index in [2.05, 4.69) is 26.0 Å². The van der Waals surface area contributed by atoms with Crippen LogP contribution in [0.25, 0.3) is 5.52 Å². The summed E-state index contributed by atoms with van der Waals surface area (Å²) in [4.78, 5) is 6.01. The molecule has 17 heavy (non-hydrogen) atoms. The molecule has 1 aliphatic heterocycles. The molecule has 0 aromatic carbocycles. The average molecular weight is 300 g/mol. The number of anilines is 1. The van der Waals surface area contributed by atoms with Crippen molar-refractivity contribution in [2.24, 2.45) is 0 Å². The Hall–Kier alpha value is -1.21. The van der Waals surface area contributed by atoms with Crippen LogP contribution in [0.3, 0.4) is 0 Å². The Morgan fingerprint density at radius 2 is 2.29 bits per heavy atom. The molecule has 0 radical (unpaired) electrons. The summed E-state index contributed by atoms with van der Waals surface area (Å²) in [6, 6.07) is 1.95. The van der Waals surface area contributed by atoms with E-state index in [9.17, 15) is 4.39 Å². The molecule has 0 unspecified atom stereocenters. The van der Waals surface area contributed by atoms with Gasteiger partial charge in [0, 0.05) is 19.6 Å². The van der Waals surface area contributed by atoms with Crippen molar-refractivity contribution in [1.82, 2.24) is 19.5 Å². The Kier molecular flexibility index (Phi) is 2.52. The molecule has 0 spiro atoms. The highest BCUT2D eigenvalue weighted by Gasteiger charge is 2.27. The highest BCUT2D eigenvalue weighted by Crippen LogP contribution is 2.26. The summed E-state index contributed by atoms with van der Waals surface area (Å²) in [5.41, 5.74) is 7.66. The van der Waals surface area contributed by atoms with E-state index in [4.69, 9.17) is 5.73 Å². The van der Waals surface area contributed by atoms with Gasteiger partial charge in [-0.05, 0) is 27.6 Å². The molecule has 1 aliphatic rings. The third-order valence-electron chi connectivity index (χ3n) is 2.92. The summed E-state index contributed by atoms with van der Waals surface area (Å²) in [7, 11) is 0. The van der Waals surface area contributed by atoms with Crippen molar-refractivity contribution >= 4 is 27.3 Å². The number of fused-ring (bicyclic) bond motifs is 1. The van der Waals surface area contributed by atoms with Crippen LogP contribution in [0.1, 0.15) is 5.56 Å². The molecule has 2 aromatic heterocycles. The first-order valence-electron chi connectivity index (χ1n) is 5.28. The molecule has 1 fully saturated rings. The SMILES string of the molecule is Nc1ncnn2c(Br)cc(CN3CC(F)C3)c12. The second-order valence-corrected chi connectivity index (χ2v) is 5.00. The molecule has 2 N–H and O–H groups in total. The van der Waals surface area contributed by atoms with Gasteiger partial charge in [0.15, 0.2) is 5.82 Å². The summed E-state index contributed by atoms with van der Waals surface area (Å²) < 4.78 is 15.3. The Morgan fingerprint density at radius 1 is 1.53 bits per heavy atom. The normalized spacial score (nSPS) is 17.5. The third kappa shape index (κ3) is 1.79. The zero-order valence-electron chi connectivity index (χ0n) is 8.98. The molecule has 0 bridgehead atoms. The Labute approximate surface area is 106 Å². The van der Waals surface area contributed by atoms with E-state index >= 15 is 0 Å². The molecule has 5 nitrogen and oxygen atoms in total. The van der Waals surface area contributed by atoms with Crippen LogP contribution in [0.5, 0.6) is 0 Å². The van der Waals surface area contributed by atoms with Gasteiger partial charge < -0.3 is 5.73 Å². The molecule has 3 rings (SSSR count). The number of hydrogen-bond donors (Lipinski definition) is 1. The number of rotatable bonds is 2. The van der Waals surface area contributed by atoms with Crippen molar-refractivity contribution in [3.05, 3.63) is 22.6 Å². The largest absolute Gasteiger partial charge is 0.382 e. The van der Waals surface area contributed by atoms with E-state index in [1.165, 1.54) is 6.33 Å². The first-order valence-corrected chi connectivity index (χ1v) is 6.07. The minimum Gasteiger partial charge on any atom is -0.382 e. The number of halogens is 2. The van der Waals surface area contributed by atoms with Crippen molar-refractivity contribution in [3.63, 3.8) is 0 Å². The molecule has 1 saturated heterocycles. The van der Waals surface area contributed by atoms with Crippen LogP contribution in [0.4, 0.5) is 10.2 Å². The lowest BCUT2D eigenvalue weighted by Gasteiger charge is -2.33. The van der Waals surface area contributed by atoms with Gasteiger partial charge in [0.25, 0.3) is 0 Å². The molecule has 0 saturated carbocycles. The van der Waals surface area contributed by atoms with Crippen LogP contribution in [0.15, 0.2) is 17.0 Å². The van der Waals surface area contributed by atoms with E-state index in [-0.39, 0.29) is 0 Å². The molecule has 90 valence electrons. The number of hydrogen-bond acceptors (Lipinski definition) is 4. The van der Waals surface area contributed by atoms with Crippen molar-refractivity contribution in [3.8, 4) is 0 Å². The topological polar surface area (TPSA) is 59.4 Å². The van der Waals surface area contributed by atoms with Gasteiger partial charge in [-0.15, -0.1) is 0 Å². The van der Waals surface area contributed by atoms with Gasteiger partial charge in [0.2, 0.25) is 0 Å². The van der Waals surface area contributed by atoms with E-state index in [1.54, 1.807) is 4.52 Å². The molecule has 3 heterocycles. The fourth-order valence-corrected chi connectivity index (χ4v) is 2.65. The lowest BCUT2D eigenvalue weighted by atomic mass is 10.1. The van der Waals surface area contributed by atoms with Crippen molar-refractivity contribution in [2.45, 2.75) is 12.7 Å². The van der Waals surface area contributed by atoms with E-state index in [1.807, 2.05) is 11.0 Å². The second kappa shape index (κ2) is 3.92. The number of alkyl halides is 1. The van der Waals surface area contributed by atoms with Crippen LogP contribution in [0, 0.1) is 0 Å². The summed E-state index contributed by atoms with van der Waals surface area (Å²) in [6.07, 6.45) is 0.721. The van der Waals surface area contributed by atoms with Gasteiger partial charge in [-0.3, -0.25) is 4.90 Å². The number of aromatic nitrogens is 3. The summed E-state index contributed by atoms with van der Waals surface area (Å²) in [5, 5.41) is 4.11. The molecule has 0 atom stereocenters. The van der Waals surface area contributed by atoms with Crippen LogP contribution in [-0.2, 0) is 6.54 Å². The molecule has 2 aromatic rings. The maximum atomic E-state index is 12.8. The highest BCUT2D eigenvalue weighted by molar-refractivity contribution is 9.10. The monoisotopic (exact) mass is 299 g/mol. The fraction of sp³-hybridized carbons (Fsp3) is 0.400. The fourth-order valence-electron chi connectivity index (χ4n) is 2.10. The zero-order valence-corrected chi connectivity index (χ0v) is 10.6. The predicted molar refractivity (Wildman–Crippen MR) is 65.3 cm³/mol. The van der Waals surface area contributed by atoms with E-state index in [0.717, 1.165) is 15.7 Å². The maximum Gasteiger partial charge on any atom is 0.151 e. The smallest absolute Gasteiger partial charge is 0.151 e. The van der Waals surface area contributed by atoms with Crippen LogP contribution >= 0.6 is 15.9 Å². The van der Waals surface area contributed by atoms with Gasteiger partial charge >= 0.3 is 0 Å². The quantitative estimate of drug-likeness (QED) is 0.906.